The highest BCUT2D eigenvalue weighted by atomic mass is 32.2. The summed E-state index contributed by atoms with van der Waals surface area (Å²) in [6.45, 7) is 0. The minimum absolute atomic E-state index is 0.228. The maximum absolute atomic E-state index is 12.2. The number of rotatable bonds is 6. The Morgan fingerprint density at radius 1 is 1.14 bits per heavy atom. The lowest BCUT2D eigenvalue weighted by molar-refractivity contribution is -0.112. The molecule has 0 aliphatic carbocycles. The maximum atomic E-state index is 12.2. The van der Waals surface area contributed by atoms with Gasteiger partial charge >= 0.3 is 5.97 Å². The smallest absolute Gasteiger partial charge is 0.337 e. The number of hydrogen-bond acceptors (Lipinski definition) is 7. The Labute approximate surface area is 161 Å². The van der Waals surface area contributed by atoms with Crippen LogP contribution >= 0.6 is 0 Å². The van der Waals surface area contributed by atoms with Gasteiger partial charge in [0.2, 0.25) is 0 Å². The number of anilines is 2. The predicted molar refractivity (Wildman–Crippen MR) is 100.0 cm³/mol. The van der Waals surface area contributed by atoms with Crippen LogP contribution in [0.4, 0.5) is 11.4 Å². The fourth-order valence-corrected chi connectivity index (χ4v) is 2.55. The molecule has 3 N–H and O–H groups in total. The van der Waals surface area contributed by atoms with Gasteiger partial charge in [0.15, 0.2) is 0 Å². The first kappa shape index (κ1) is 20.6. The van der Waals surface area contributed by atoms with Gasteiger partial charge < -0.3 is 15.4 Å². The lowest BCUT2D eigenvalue weighted by atomic mass is 10.2. The van der Waals surface area contributed by atoms with E-state index in [9.17, 15) is 23.3 Å². The highest BCUT2D eigenvalue weighted by molar-refractivity contribution is 7.85. The molecule has 2 aromatic rings. The summed E-state index contributed by atoms with van der Waals surface area (Å²) in [7, 11) is -3.09. The molecule has 144 valence electrons. The fraction of sp³-hybridized carbons (Fsp3) is 0.0556. The number of ether oxygens (including phenoxy) is 1. The van der Waals surface area contributed by atoms with Gasteiger partial charge in [-0.15, -0.1) is 0 Å². The zero-order valence-electron chi connectivity index (χ0n) is 14.5. The van der Waals surface area contributed by atoms with E-state index in [-0.39, 0.29) is 16.2 Å². The summed E-state index contributed by atoms with van der Waals surface area (Å²) in [4.78, 5) is 23.4. The molecule has 0 spiro atoms. The fourth-order valence-electron chi connectivity index (χ4n) is 2.07. The van der Waals surface area contributed by atoms with Crippen molar-refractivity contribution in [1.82, 2.24) is 0 Å². The highest BCUT2D eigenvalue weighted by Gasteiger charge is 2.12. The molecule has 2 rings (SSSR count). The molecule has 0 bridgehead atoms. The molecule has 0 unspecified atom stereocenters. The summed E-state index contributed by atoms with van der Waals surface area (Å²) in [5, 5.41) is 14.4. The minimum Gasteiger partial charge on any atom is -0.465 e. The van der Waals surface area contributed by atoms with Crippen LogP contribution < -0.4 is 10.6 Å². The van der Waals surface area contributed by atoms with Crippen molar-refractivity contribution in [2.24, 2.45) is 0 Å². The van der Waals surface area contributed by atoms with Gasteiger partial charge in [0.25, 0.3) is 16.0 Å². The molecule has 0 atom stereocenters. The predicted octanol–water partition coefficient (Wildman–Crippen LogP) is 2.18. The molecule has 0 aromatic heterocycles. The van der Waals surface area contributed by atoms with Crippen molar-refractivity contribution in [3.8, 4) is 6.07 Å². The summed E-state index contributed by atoms with van der Waals surface area (Å²) >= 11 is 0. The summed E-state index contributed by atoms with van der Waals surface area (Å²) in [5.41, 5.74) is 0.720. The van der Waals surface area contributed by atoms with Crippen LogP contribution in [0.1, 0.15) is 10.4 Å². The molecule has 0 aliphatic rings. The monoisotopic (exact) mass is 401 g/mol. The Bertz CT molecular complexity index is 1070. The molecule has 0 fully saturated rings. The molecule has 1 amide bonds. The number of nitriles is 1. The van der Waals surface area contributed by atoms with Gasteiger partial charge in [0.1, 0.15) is 11.6 Å². The SMILES string of the molecule is COC(=O)c1cccc(N/C=C(/C#N)C(=O)Nc2ccc(S(=O)(=O)O)cc2)c1. The topological polar surface area (TPSA) is 146 Å². The third-order valence-corrected chi connectivity index (χ3v) is 4.31. The lowest BCUT2D eigenvalue weighted by Crippen LogP contribution is -2.14. The average molecular weight is 401 g/mol. The largest absolute Gasteiger partial charge is 0.465 e. The quantitative estimate of drug-likeness (QED) is 0.289. The maximum Gasteiger partial charge on any atom is 0.337 e. The molecule has 0 heterocycles. The first-order valence-electron chi connectivity index (χ1n) is 7.68. The van der Waals surface area contributed by atoms with E-state index in [1.807, 2.05) is 0 Å². The molecule has 28 heavy (non-hydrogen) atoms. The van der Waals surface area contributed by atoms with Crippen LogP contribution in [0.5, 0.6) is 0 Å². The Morgan fingerprint density at radius 2 is 1.82 bits per heavy atom. The van der Waals surface area contributed by atoms with Gasteiger partial charge in [-0.2, -0.15) is 13.7 Å². The summed E-state index contributed by atoms with van der Waals surface area (Å²) in [6.07, 6.45) is 1.16. The van der Waals surface area contributed by atoms with Crippen LogP contribution in [-0.4, -0.2) is 32.0 Å². The number of nitrogens with zero attached hydrogens (tertiary/aromatic N) is 1. The number of hydrogen-bond donors (Lipinski definition) is 3. The highest BCUT2D eigenvalue weighted by Crippen LogP contribution is 2.15. The van der Waals surface area contributed by atoms with Crippen LogP contribution in [-0.2, 0) is 19.6 Å². The summed E-state index contributed by atoms with van der Waals surface area (Å²) < 4.78 is 35.6. The van der Waals surface area contributed by atoms with Gasteiger partial charge in [-0.3, -0.25) is 9.35 Å². The first-order valence-corrected chi connectivity index (χ1v) is 9.12. The number of carbonyl (C=O) groups is 2. The molecule has 10 heteroatoms. The van der Waals surface area contributed by atoms with E-state index < -0.39 is 22.0 Å². The van der Waals surface area contributed by atoms with Gasteiger partial charge in [0, 0.05) is 17.6 Å². The van der Waals surface area contributed by atoms with Crippen molar-refractivity contribution >= 4 is 33.4 Å². The zero-order chi connectivity index (χ0) is 20.7. The standard InChI is InChI=1S/C18H15N3O6S/c1-27-18(23)12-3-2-4-15(9-12)20-11-13(10-19)17(22)21-14-5-7-16(8-6-14)28(24,25)26/h2-9,11,20H,1H3,(H,21,22)(H,24,25,26)/b13-11-. The number of methoxy groups -OCH3 is 1. The molecule has 0 aliphatic heterocycles. The Morgan fingerprint density at radius 3 is 2.39 bits per heavy atom. The van der Waals surface area contributed by atoms with Crippen LogP contribution in [0.15, 0.2) is 65.2 Å². The van der Waals surface area contributed by atoms with E-state index >= 15 is 0 Å². The Kier molecular flexibility index (Phi) is 6.49. The van der Waals surface area contributed by atoms with Gasteiger partial charge in [0.05, 0.1) is 17.6 Å². The molecule has 0 saturated carbocycles. The van der Waals surface area contributed by atoms with E-state index in [0.717, 1.165) is 18.3 Å². The van der Waals surface area contributed by atoms with Gasteiger partial charge in [-0.25, -0.2) is 4.79 Å². The molecular weight excluding hydrogens is 386 g/mol. The van der Waals surface area contributed by atoms with Gasteiger partial charge in [-0.1, -0.05) is 6.07 Å². The van der Waals surface area contributed by atoms with E-state index in [0.29, 0.717) is 11.3 Å². The normalized spacial score (nSPS) is 11.2. The summed E-state index contributed by atoms with van der Waals surface area (Å²) in [6, 6.07) is 12.8. The average Bonchev–Trinajstić information content (AvgIpc) is 2.67. The molecule has 9 nitrogen and oxygen atoms in total. The lowest BCUT2D eigenvalue weighted by Gasteiger charge is -2.07. The molecule has 2 aromatic carbocycles. The van der Waals surface area contributed by atoms with Crippen molar-refractivity contribution in [2.75, 3.05) is 17.7 Å². The third-order valence-electron chi connectivity index (χ3n) is 3.44. The zero-order valence-corrected chi connectivity index (χ0v) is 15.4. The number of amides is 1. The van der Waals surface area contributed by atoms with E-state index in [1.165, 1.54) is 25.3 Å². The number of nitrogens with one attached hydrogen (secondary N) is 2. The number of carbonyl (C=O) groups excluding carboxylic acids is 2. The van der Waals surface area contributed by atoms with Crippen LogP contribution in [0.25, 0.3) is 0 Å². The van der Waals surface area contributed by atoms with Crippen molar-refractivity contribution in [3.05, 3.63) is 65.9 Å². The minimum atomic E-state index is -4.34. The van der Waals surface area contributed by atoms with Crippen molar-refractivity contribution in [1.29, 1.82) is 5.26 Å². The second-order valence-corrected chi connectivity index (χ2v) is 6.76. The van der Waals surface area contributed by atoms with Crippen molar-refractivity contribution in [2.45, 2.75) is 4.90 Å². The third kappa shape index (κ3) is 5.41. The van der Waals surface area contributed by atoms with Crippen molar-refractivity contribution < 1.29 is 27.3 Å². The van der Waals surface area contributed by atoms with E-state index in [1.54, 1.807) is 24.3 Å². The molecule has 0 radical (unpaired) electrons. The summed E-state index contributed by atoms with van der Waals surface area (Å²) in [5.74, 6) is -1.27. The Hall–Kier alpha value is -3.68. The van der Waals surface area contributed by atoms with E-state index in [4.69, 9.17) is 4.55 Å². The number of esters is 1. The number of benzene rings is 2. The second kappa shape index (κ2) is 8.81. The van der Waals surface area contributed by atoms with E-state index in [2.05, 4.69) is 15.4 Å². The van der Waals surface area contributed by atoms with Crippen molar-refractivity contribution in [3.63, 3.8) is 0 Å². The molecular formula is C18H15N3O6S. The van der Waals surface area contributed by atoms with Crippen LogP contribution in [0.3, 0.4) is 0 Å². The van der Waals surface area contributed by atoms with Crippen LogP contribution in [0.2, 0.25) is 0 Å². The molecule has 0 saturated heterocycles. The second-order valence-electron chi connectivity index (χ2n) is 5.34. The van der Waals surface area contributed by atoms with Gasteiger partial charge in [-0.05, 0) is 42.5 Å². The Balaban J connectivity index is 2.11. The first-order chi connectivity index (χ1) is 13.2. The van der Waals surface area contributed by atoms with Crippen LogP contribution in [0, 0.1) is 11.3 Å².